The summed E-state index contributed by atoms with van der Waals surface area (Å²) in [7, 11) is 0. The highest BCUT2D eigenvalue weighted by Crippen LogP contribution is 2.23. The number of pyridine rings is 1. The van der Waals surface area contributed by atoms with Crippen molar-refractivity contribution in [2.45, 2.75) is 19.6 Å². The van der Waals surface area contributed by atoms with Crippen molar-refractivity contribution in [2.75, 3.05) is 0 Å². The van der Waals surface area contributed by atoms with Gasteiger partial charge in [0.1, 0.15) is 23.2 Å². The largest absolute Gasteiger partial charge is 0.489 e. The van der Waals surface area contributed by atoms with Gasteiger partial charge < -0.3 is 15.0 Å². The lowest BCUT2D eigenvalue weighted by Crippen LogP contribution is -2.26. The van der Waals surface area contributed by atoms with Gasteiger partial charge in [0.15, 0.2) is 0 Å². The molecule has 5 nitrogen and oxygen atoms in total. The molecule has 0 spiro atoms. The molecule has 1 atom stereocenters. The van der Waals surface area contributed by atoms with Crippen LogP contribution >= 0.6 is 23.2 Å². The summed E-state index contributed by atoms with van der Waals surface area (Å²) < 4.78 is 5.73. The highest BCUT2D eigenvalue weighted by molar-refractivity contribution is 6.41. The van der Waals surface area contributed by atoms with Crippen molar-refractivity contribution in [3.63, 3.8) is 0 Å². The van der Waals surface area contributed by atoms with E-state index >= 15 is 0 Å². The normalized spacial score (nSPS) is 11.8. The number of nitrogens with one attached hydrogen (secondary N) is 2. The molecule has 0 aliphatic heterocycles. The van der Waals surface area contributed by atoms with E-state index in [2.05, 4.69) is 15.3 Å². The Hall–Kier alpha value is -2.50. The fourth-order valence-electron chi connectivity index (χ4n) is 2.39. The number of halogens is 2. The lowest BCUT2D eigenvalue weighted by Gasteiger charge is -2.14. The molecular formula is C19H17Cl2N3O2. The number of carbonyl (C=O) groups excluding carboxylic acids is 1. The maximum Gasteiger partial charge on any atom is 0.268 e. The Morgan fingerprint density at radius 1 is 1.27 bits per heavy atom. The van der Waals surface area contributed by atoms with Gasteiger partial charge in [0, 0.05) is 18.0 Å². The standard InChI is InChI=1S/C19H17Cl2N3O2/c1-12(23-19(25)17-9-16(20)18(21)24-17)14-4-6-15(7-5-14)26-11-13-3-2-8-22-10-13/h2-10,12,24H,11H2,1H3,(H,23,25). The van der Waals surface area contributed by atoms with Crippen LogP contribution in [0.5, 0.6) is 5.75 Å². The zero-order valence-electron chi connectivity index (χ0n) is 14.0. The van der Waals surface area contributed by atoms with Gasteiger partial charge >= 0.3 is 0 Å². The first-order valence-electron chi connectivity index (χ1n) is 7.99. The quantitative estimate of drug-likeness (QED) is 0.636. The van der Waals surface area contributed by atoms with Crippen molar-refractivity contribution in [1.29, 1.82) is 0 Å². The molecule has 0 aliphatic carbocycles. The lowest BCUT2D eigenvalue weighted by molar-refractivity contribution is 0.0935. The number of ether oxygens (including phenoxy) is 1. The Balaban J connectivity index is 1.58. The maximum absolute atomic E-state index is 12.2. The molecule has 3 rings (SSSR count). The zero-order valence-corrected chi connectivity index (χ0v) is 15.5. The molecule has 134 valence electrons. The Bertz CT molecular complexity index is 860. The molecule has 0 aliphatic rings. The van der Waals surface area contributed by atoms with E-state index in [1.54, 1.807) is 12.4 Å². The van der Waals surface area contributed by atoms with Gasteiger partial charge in [-0.3, -0.25) is 9.78 Å². The van der Waals surface area contributed by atoms with Gasteiger partial charge in [-0.2, -0.15) is 0 Å². The average Bonchev–Trinajstić information content (AvgIpc) is 3.00. The topological polar surface area (TPSA) is 67.0 Å². The molecule has 1 aromatic carbocycles. The Labute approximate surface area is 161 Å². The molecule has 3 aromatic rings. The summed E-state index contributed by atoms with van der Waals surface area (Å²) in [5.41, 5.74) is 2.28. The number of amides is 1. The number of carbonyl (C=O) groups is 1. The van der Waals surface area contributed by atoms with Crippen LogP contribution in [0.4, 0.5) is 0 Å². The smallest absolute Gasteiger partial charge is 0.268 e. The minimum atomic E-state index is -0.275. The molecular weight excluding hydrogens is 373 g/mol. The first-order chi connectivity index (χ1) is 12.5. The fraction of sp³-hybridized carbons (Fsp3) is 0.158. The lowest BCUT2D eigenvalue weighted by atomic mass is 10.1. The Morgan fingerprint density at radius 2 is 2.04 bits per heavy atom. The number of nitrogens with zero attached hydrogens (tertiary/aromatic N) is 1. The molecule has 0 fully saturated rings. The highest BCUT2D eigenvalue weighted by Gasteiger charge is 2.15. The van der Waals surface area contributed by atoms with E-state index in [0.717, 1.165) is 16.9 Å². The van der Waals surface area contributed by atoms with E-state index in [0.29, 0.717) is 17.3 Å². The van der Waals surface area contributed by atoms with Gasteiger partial charge in [0.25, 0.3) is 5.91 Å². The summed E-state index contributed by atoms with van der Waals surface area (Å²) in [6, 6.07) is 12.7. The highest BCUT2D eigenvalue weighted by atomic mass is 35.5. The molecule has 26 heavy (non-hydrogen) atoms. The van der Waals surface area contributed by atoms with Gasteiger partial charge in [0.2, 0.25) is 0 Å². The van der Waals surface area contributed by atoms with Crippen LogP contribution in [0.15, 0.2) is 54.9 Å². The molecule has 0 radical (unpaired) electrons. The van der Waals surface area contributed by atoms with Crippen molar-refractivity contribution in [3.8, 4) is 5.75 Å². The van der Waals surface area contributed by atoms with E-state index < -0.39 is 0 Å². The van der Waals surface area contributed by atoms with E-state index in [1.165, 1.54) is 6.07 Å². The van der Waals surface area contributed by atoms with Crippen LogP contribution in [0, 0.1) is 0 Å². The molecule has 0 saturated heterocycles. The molecule has 1 amide bonds. The minimum Gasteiger partial charge on any atom is -0.489 e. The number of hydrogen-bond donors (Lipinski definition) is 2. The van der Waals surface area contributed by atoms with Crippen LogP contribution in [0.3, 0.4) is 0 Å². The number of H-pyrrole nitrogens is 1. The summed E-state index contributed by atoms with van der Waals surface area (Å²) in [6.07, 6.45) is 3.49. The van der Waals surface area contributed by atoms with Crippen molar-refractivity contribution in [2.24, 2.45) is 0 Å². The van der Waals surface area contributed by atoms with Gasteiger partial charge in [-0.1, -0.05) is 41.4 Å². The summed E-state index contributed by atoms with van der Waals surface area (Å²) in [6.45, 7) is 2.35. The molecule has 2 heterocycles. The number of hydrogen-bond acceptors (Lipinski definition) is 3. The summed E-state index contributed by atoms with van der Waals surface area (Å²) >= 11 is 11.7. The molecule has 2 N–H and O–H groups in total. The number of benzene rings is 1. The SMILES string of the molecule is CC(NC(=O)c1cc(Cl)c(Cl)[nH]1)c1ccc(OCc2cccnc2)cc1. The molecule has 7 heteroatoms. The second-order valence-corrected chi connectivity index (χ2v) is 6.54. The predicted octanol–water partition coefficient (Wildman–Crippen LogP) is 4.79. The van der Waals surface area contributed by atoms with Crippen LogP contribution in [0.1, 0.15) is 34.6 Å². The zero-order chi connectivity index (χ0) is 18.5. The van der Waals surface area contributed by atoms with Gasteiger partial charge in [-0.25, -0.2) is 0 Å². The van der Waals surface area contributed by atoms with Crippen LogP contribution in [0.25, 0.3) is 0 Å². The summed E-state index contributed by atoms with van der Waals surface area (Å²) in [5.74, 6) is 0.474. The van der Waals surface area contributed by atoms with Crippen LogP contribution in [-0.2, 0) is 6.61 Å². The van der Waals surface area contributed by atoms with Crippen LogP contribution < -0.4 is 10.1 Å². The second kappa shape index (κ2) is 8.25. The number of aromatic nitrogens is 2. The summed E-state index contributed by atoms with van der Waals surface area (Å²) in [4.78, 5) is 19.0. The third-order valence-corrected chi connectivity index (χ3v) is 4.52. The first-order valence-corrected chi connectivity index (χ1v) is 8.75. The van der Waals surface area contributed by atoms with Gasteiger partial charge in [0.05, 0.1) is 11.1 Å². The third kappa shape index (κ3) is 4.56. The number of aromatic amines is 1. The van der Waals surface area contributed by atoms with Gasteiger partial charge in [-0.15, -0.1) is 0 Å². The second-order valence-electron chi connectivity index (χ2n) is 5.76. The molecule has 0 saturated carbocycles. The predicted molar refractivity (Wildman–Crippen MR) is 102 cm³/mol. The van der Waals surface area contributed by atoms with Crippen molar-refractivity contribution in [3.05, 3.63) is 81.9 Å². The van der Waals surface area contributed by atoms with E-state index in [-0.39, 0.29) is 17.1 Å². The Kier molecular flexibility index (Phi) is 5.81. The van der Waals surface area contributed by atoms with Crippen molar-refractivity contribution in [1.82, 2.24) is 15.3 Å². The maximum atomic E-state index is 12.2. The van der Waals surface area contributed by atoms with Crippen LogP contribution in [-0.4, -0.2) is 15.9 Å². The molecule has 1 unspecified atom stereocenters. The number of rotatable bonds is 6. The average molecular weight is 390 g/mol. The van der Waals surface area contributed by atoms with E-state index in [9.17, 15) is 4.79 Å². The van der Waals surface area contributed by atoms with E-state index in [4.69, 9.17) is 27.9 Å². The minimum absolute atomic E-state index is 0.185. The monoisotopic (exact) mass is 389 g/mol. The van der Waals surface area contributed by atoms with Gasteiger partial charge in [-0.05, 0) is 36.8 Å². The first kappa shape index (κ1) is 18.3. The third-order valence-electron chi connectivity index (χ3n) is 3.83. The molecule has 0 bridgehead atoms. The molecule has 2 aromatic heterocycles. The fourth-order valence-corrected chi connectivity index (χ4v) is 2.70. The van der Waals surface area contributed by atoms with E-state index in [1.807, 2.05) is 43.3 Å². The summed E-state index contributed by atoms with van der Waals surface area (Å²) in [5, 5.41) is 3.46. The van der Waals surface area contributed by atoms with Crippen LogP contribution in [0.2, 0.25) is 10.2 Å². The van der Waals surface area contributed by atoms with Crippen molar-refractivity contribution >= 4 is 29.1 Å². The Morgan fingerprint density at radius 3 is 2.65 bits per heavy atom. The van der Waals surface area contributed by atoms with Crippen molar-refractivity contribution < 1.29 is 9.53 Å².